The molecule has 1 atom stereocenters. The second-order valence-corrected chi connectivity index (χ2v) is 6.36. The first-order chi connectivity index (χ1) is 12.0. The molecule has 1 fully saturated rings. The van der Waals surface area contributed by atoms with Crippen LogP contribution in [0.5, 0.6) is 0 Å². The van der Waals surface area contributed by atoms with Gasteiger partial charge in [-0.3, -0.25) is 9.59 Å². The Morgan fingerprint density at radius 2 is 2.08 bits per heavy atom. The van der Waals surface area contributed by atoms with Crippen molar-refractivity contribution in [3.63, 3.8) is 0 Å². The fourth-order valence-corrected chi connectivity index (χ4v) is 3.17. The molecule has 0 radical (unpaired) electrons. The number of halogens is 3. The van der Waals surface area contributed by atoms with Crippen LogP contribution in [0.4, 0.5) is 8.78 Å². The van der Waals surface area contributed by atoms with E-state index in [9.17, 15) is 18.4 Å². The third kappa shape index (κ3) is 3.87. The molecule has 2 aromatic rings. The topological polar surface area (TPSA) is 55.2 Å². The Labute approximate surface area is 148 Å². The van der Waals surface area contributed by atoms with Gasteiger partial charge in [-0.05, 0) is 31.0 Å². The lowest BCUT2D eigenvalue weighted by atomic mass is 9.90. The fraction of sp³-hybridized carbons (Fsp3) is 0.353. The summed E-state index contributed by atoms with van der Waals surface area (Å²) in [7, 11) is 0. The molecule has 1 saturated heterocycles. The molecule has 1 aromatic carbocycles. The minimum Gasteiger partial charge on any atom is -0.337 e. The molecule has 0 aliphatic carbocycles. The van der Waals surface area contributed by atoms with E-state index in [1.165, 1.54) is 11.0 Å². The molecule has 0 N–H and O–H groups in total. The van der Waals surface area contributed by atoms with Gasteiger partial charge in [-0.1, -0.05) is 23.7 Å². The number of benzene rings is 1. The van der Waals surface area contributed by atoms with Crippen LogP contribution in [0.15, 0.2) is 36.5 Å². The largest absolute Gasteiger partial charge is 0.337 e. The normalized spacial score (nSPS) is 17.8. The standard InChI is InChI=1S/C17H16ClF2N3O2/c18-13-5-1-3-11(9-13)15(24)12-4-2-7-22(10-12)16(25)14-6-8-23(21-14)17(19)20/h1,3,5-6,8-9,12,17H,2,4,7,10H2. The zero-order valence-corrected chi connectivity index (χ0v) is 14.0. The van der Waals surface area contributed by atoms with Crippen LogP contribution < -0.4 is 0 Å². The Morgan fingerprint density at radius 1 is 1.28 bits per heavy atom. The highest BCUT2D eigenvalue weighted by Crippen LogP contribution is 2.23. The summed E-state index contributed by atoms with van der Waals surface area (Å²) < 4.78 is 25.6. The highest BCUT2D eigenvalue weighted by Gasteiger charge is 2.30. The van der Waals surface area contributed by atoms with Crippen molar-refractivity contribution in [2.75, 3.05) is 13.1 Å². The number of amides is 1. The van der Waals surface area contributed by atoms with E-state index in [-0.39, 0.29) is 23.9 Å². The quantitative estimate of drug-likeness (QED) is 0.775. The van der Waals surface area contributed by atoms with Crippen LogP contribution in [0.2, 0.25) is 5.02 Å². The van der Waals surface area contributed by atoms with Gasteiger partial charge in [0.05, 0.1) is 0 Å². The number of carbonyl (C=O) groups excluding carboxylic acids is 2. The minimum atomic E-state index is -2.79. The highest BCUT2D eigenvalue weighted by molar-refractivity contribution is 6.31. The summed E-state index contributed by atoms with van der Waals surface area (Å²) in [6.07, 6.45) is 2.40. The van der Waals surface area contributed by atoms with Crippen LogP contribution in [-0.2, 0) is 0 Å². The van der Waals surface area contributed by atoms with Crippen LogP contribution in [0.25, 0.3) is 0 Å². The lowest BCUT2D eigenvalue weighted by Gasteiger charge is -2.31. The number of hydrogen-bond donors (Lipinski definition) is 0. The maximum absolute atomic E-state index is 12.6. The summed E-state index contributed by atoms with van der Waals surface area (Å²) in [5.41, 5.74) is 0.463. The molecule has 0 saturated carbocycles. The molecule has 8 heteroatoms. The molecule has 1 unspecified atom stereocenters. The smallest absolute Gasteiger partial charge is 0.333 e. The first-order valence-electron chi connectivity index (χ1n) is 7.88. The van der Waals surface area contributed by atoms with Crippen LogP contribution in [-0.4, -0.2) is 39.5 Å². The number of nitrogens with zero attached hydrogens (tertiary/aromatic N) is 3. The Morgan fingerprint density at radius 3 is 2.76 bits per heavy atom. The van der Waals surface area contributed by atoms with Crippen molar-refractivity contribution in [3.05, 3.63) is 52.8 Å². The molecule has 1 aliphatic heterocycles. The van der Waals surface area contributed by atoms with E-state index in [1.807, 2.05) is 0 Å². The van der Waals surface area contributed by atoms with Crippen LogP contribution >= 0.6 is 11.6 Å². The van der Waals surface area contributed by atoms with Gasteiger partial charge in [-0.15, -0.1) is 0 Å². The van der Waals surface area contributed by atoms with E-state index < -0.39 is 12.5 Å². The van der Waals surface area contributed by atoms with E-state index in [0.717, 1.165) is 6.20 Å². The van der Waals surface area contributed by atoms with Gasteiger partial charge >= 0.3 is 6.55 Å². The Hall–Kier alpha value is -2.28. The highest BCUT2D eigenvalue weighted by atomic mass is 35.5. The molecule has 132 valence electrons. The maximum Gasteiger partial charge on any atom is 0.333 e. The van der Waals surface area contributed by atoms with Gasteiger partial charge in [0.1, 0.15) is 0 Å². The molecule has 0 spiro atoms. The lowest BCUT2D eigenvalue weighted by molar-refractivity contribution is 0.0540. The number of piperidine rings is 1. The van der Waals surface area contributed by atoms with Crippen LogP contribution in [0, 0.1) is 5.92 Å². The van der Waals surface area contributed by atoms with Crippen LogP contribution in [0.1, 0.15) is 40.2 Å². The summed E-state index contributed by atoms with van der Waals surface area (Å²) in [5, 5.41) is 4.08. The Bertz CT molecular complexity index is 794. The van der Waals surface area contributed by atoms with Gasteiger partial charge in [0.15, 0.2) is 11.5 Å². The maximum atomic E-state index is 12.6. The zero-order chi connectivity index (χ0) is 18.0. The van der Waals surface area contributed by atoms with Crippen molar-refractivity contribution in [3.8, 4) is 0 Å². The van der Waals surface area contributed by atoms with Crippen molar-refractivity contribution in [1.29, 1.82) is 0 Å². The molecule has 1 aliphatic rings. The zero-order valence-electron chi connectivity index (χ0n) is 13.2. The molecular weight excluding hydrogens is 352 g/mol. The monoisotopic (exact) mass is 367 g/mol. The number of rotatable bonds is 4. The van der Waals surface area contributed by atoms with E-state index >= 15 is 0 Å². The second-order valence-electron chi connectivity index (χ2n) is 5.92. The number of ketones is 1. The molecular formula is C17H16ClF2N3O2. The predicted molar refractivity (Wildman–Crippen MR) is 87.9 cm³/mol. The van der Waals surface area contributed by atoms with Gasteiger partial charge in [0.2, 0.25) is 0 Å². The lowest BCUT2D eigenvalue weighted by Crippen LogP contribution is -2.42. The number of Topliss-reactive ketones (excluding diaryl/α,β-unsaturated/α-hetero) is 1. The first-order valence-corrected chi connectivity index (χ1v) is 8.26. The molecule has 1 aromatic heterocycles. The molecule has 1 amide bonds. The SMILES string of the molecule is O=C(c1cccc(Cl)c1)C1CCCN(C(=O)c2ccn(C(F)F)n2)C1. The van der Waals surface area contributed by atoms with Crippen molar-refractivity contribution in [1.82, 2.24) is 14.7 Å². The summed E-state index contributed by atoms with van der Waals surface area (Å²) in [6, 6.07) is 7.96. The number of carbonyl (C=O) groups is 2. The molecule has 0 bridgehead atoms. The van der Waals surface area contributed by atoms with Crippen molar-refractivity contribution in [2.24, 2.45) is 5.92 Å². The van der Waals surface area contributed by atoms with E-state index in [0.29, 0.717) is 34.7 Å². The van der Waals surface area contributed by atoms with E-state index in [1.54, 1.807) is 24.3 Å². The van der Waals surface area contributed by atoms with Crippen molar-refractivity contribution < 1.29 is 18.4 Å². The Kier molecular flexibility index (Phi) is 5.13. The Balaban J connectivity index is 1.72. The fourth-order valence-electron chi connectivity index (χ4n) is 2.98. The number of alkyl halides is 2. The average Bonchev–Trinajstić information content (AvgIpc) is 3.11. The van der Waals surface area contributed by atoms with Crippen LogP contribution in [0.3, 0.4) is 0 Å². The number of likely N-dealkylation sites (tertiary alicyclic amines) is 1. The second kappa shape index (κ2) is 7.31. The van der Waals surface area contributed by atoms with Gasteiger partial charge in [0, 0.05) is 35.8 Å². The van der Waals surface area contributed by atoms with Crippen molar-refractivity contribution in [2.45, 2.75) is 19.4 Å². The van der Waals surface area contributed by atoms with E-state index in [2.05, 4.69) is 5.10 Å². The number of hydrogen-bond acceptors (Lipinski definition) is 3. The predicted octanol–water partition coefficient (Wildman–Crippen LogP) is 3.67. The third-order valence-electron chi connectivity index (χ3n) is 4.22. The third-order valence-corrected chi connectivity index (χ3v) is 4.45. The minimum absolute atomic E-state index is 0.0452. The van der Waals surface area contributed by atoms with Gasteiger partial charge in [0.25, 0.3) is 5.91 Å². The molecule has 2 heterocycles. The summed E-state index contributed by atoms with van der Waals surface area (Å²) in [5.74, 6) is -0.852. The summed E-state index contributed by atoms with van der Waals surface area (Å²) >= 11 is 5.93. The van der Waals surface area contributed by atoms with Gasteiger partial charge < -0.3 is 4.90 Å². The van der Waals surface area contributed by atoms with E-state index in [4.69, 9.17) is 11.6 Å². The average molecular weight is 368 g/mol. The van der Waals surface area contributed by atoms with Gasteiger partial charge in [-0.25, -0.2) is 4.68 Å². The molecule has 25 heavy (non-hydrogen) atoms. The van der Waals surface area contributed by atoms with Gasteiger partial charge in [-0.2, -0.15) is 13.9 Å². The summed E-state index contributed by atoms with van der Waals surface area (Å²) in [6.45, 7) is -2.08. The summed E-state index contributed by atoms with van der Waals surface area (Å²) in [4.78, 5) is 26.6. The first kappa shape index (κ1) is 17.5. The molecule has 5 nitrogen and oxygen atoms in total. The molecule has 3 rings (SSSR count). The van der Waals surface area contributed by atoms with Crippen molar-refractivity contribution >= 4 is 23.3 Å². The number of aromatic nitrogens is 2.